The molecule has 3 aromatic rings. The molecule has 1 saturated heterocycles. The number of nitrogens with one attached hydrogen (secondary N) is 1. The number of ether oxygens (including phenoxy) is 1. The van der Waals surface area contributed by atoms with Crippen LogP contribution in [0.4, 0.5) is 4.79 Å². The molecule has 0 bridgehead atoms. The van der Waals surface area contributed by atoms with Gasteiger partial charge in [0.25, 0.3) is 0 Å². The highest BCUT2D eigenvalue weighted by Crippen LogP contribution is 2.44. The average Bonchev–Trinajstić information content (AvgIpc) is 3.22. The zero-order chi connectivity index (χ0) is 26.2. The van der Waals surface area contributed by atoms with Crippen LogP contribution in [0.15, 0.2) is 35.0 Å². The quantitative estimate of drug-likeness (QED) is 0.534. The summed E-state index contributed by atoms with van der Waals surface area (Å²) in [5.41, 5.74) is 1.54. The van der Waals surface area contributed by atoms with Gasteiger partial charge in [0.05, 0.1) is 30.4 Å². The van der Waals surface area contributed by atoms with Crippen molar-refractivity contribution in [1.82, 2.24) is 35.4 Å². The van der Waals surface area contributed by atoms with Gasteiger partial charge in [-0.15, -0.1) is 15.3 Å². The van der Waals surface area contributed by atoms with Crippen LogP contribution in [-0.2, 0) is 11.3 Å². The highest BCUT2D eigenvalue weighted by atomic mass is 16.6. The number of likely N-dealkylation sites (tertiary alicyclic amines) is 1. The predicted molar refractivity (Wildman–Crippen MR) is 129 cm³/mol. The second-order valence-corrected chi connectivity index (χ2v) is 10.4. The van der Waals surface area contributed by atoms with E-state index in [9.17, 15) is 14.9 Å². The van der Waals surface area contributed by atoms with Gasteiger partial charge in [0.15, 0.2) is 0 Å². The maximum Gasteiger partial charge on any atom is 0.410 e. The molecule has 2 aliphatic rings. The molecular weight excluding hydrogens is 476 g/mol. The molecule has 12 heteroatoms. The Labute approximate surface area is 213 Å². The van der Waals surface area contributed by atoms with Crippen molar-refractivity contribution in [2.45, 2.75) is 70.2 Å². The summed E-state index contributed by atoms with van der Waals surface area (Å²) in [6, 6.07) is 6.92. The van der Waals surface area contributed by atoms with Crippen molar-refractivity contribution in [2.24, 2.45) is 0 Å². The highest BCUT2D eigenvalue weighted by Gasteiger charge is 2.39. The highest BCUT2D eigenvalue weighted by molar-refractivity contribution is 5.90. The lowest BCUT2D eigenvalue weighted by molar-refractivity contribution is 0.0207. The van der Waals surface area contributed by atoms with Crippen molar-refractivity contribution in [1.29, 1.82) is 5.26 Å². The first-order valence-electron chi connectivity index (χ1n) is 12.2. The summed E-state index contributed by atoms with van der Waals surface area (Å²) in [5, 5.41) is 28.1. The van der Waals surface area contributed by atoms with Gasteiger partial charge in [-0.2, -0.15) is 5.26 Å². The van der Waals surface area contributed by atoms with Crippen molar-refractivity contribution < 1.29 is 18.7 Å². The molecule has 2 fully saturated rings. The van der Waals surface area contributed by atoms with Crippen LogP contribution in [0.1, 0.15) is 67.8 Å². The number of nitriles is 1. The van der Waals surface area contributed by atoms with E-state index in [4.69, 9.17) is 9.15 Å². The van der Waals surface area contributed by atoms with Gasteiger partial charge in [0, 0.05) is 24.3 Å². The second kappa shape index (κ2) is 9.65. The van der Waals surface area contributed by atoms with Crippen LogP contribution in [0.3, 0.4) is 0 Å². The molecule has 2 atom stereocenters. The van der Waals surface area contributed by atoms with Gasteiger partial charge in [-0.05, 0) is 63.6 Å². The van der Waals surface area contributed by atoms with E-state index in [0.29, 0.717) is 30.0 Å². The third-order valence-corrected chi connectivity index (χ3v) is 6.30. The van der Waals surface area contributed by atoms with E-state index in [1.165, 1.54) is 0 Å². The standard InChI is InChI=1S/C25H28N8O4/c1-25(2,3)37-24(35)33-13-17(11-18(33)14-32-9-8-27-31-32)28-21(34)23-30-29-22(36-23)20-10-15(12-26)4-7-19(20)16-5-6-16/h4,7-10,16-18H,5-6,11,13-14H2,1-3H3,(H,28,34)/t17-,18+/m1/s1. The van der Waals surface area contributed by atoms with Crippen molar-refractivity contribution >= 4 is 12.0 Å². The lowest BCUT2D eigenvalue weighted by Crippen LogP contribution is -2.43. The molecule has 3 heterocycles. The molecule has 1 N–H and O–H groups in total. The van der Waals surface area contributed by atoms with Crippen molar-refractivity contribution in [3.63, 3.8) is 0 Å². The largest absolute Gasteiger partial charge is 0.444 e. The fourth-order valence-corrected chi connectivity index (χ4v) is 4.52. The molecule has 12 nitrogen and oxygen atoms in total. The molecule has 0 unspecified atom stereocenters. The monoisotopic (exact) mass is 504 g/mol. The van der Waals surface area contributed by atoms with Gasteiger partial charge < -0.3 is 19.4 Å². The van der Waals surface area contributed by atoms with Crippen molar-refractivity contribution in [3.05, 3.63) is 47.6 Å². The second-order valence-electron chi connectivity index (χ2n) is 10.4. The Morgan fingerprint density at radius 1 is 1.27 bits per heavy atom. The minimum Gasteiger partial charge on any atom is -0.444 e. The van der Waals surface area contributed by atoms with Gasteiger partial charge in [0.1, 0.15) is 5.60 Å². The fraction of sp³-hybridized carbons (Fsp3) is 0.480. The number of benzene rings is 1. The number of hydrogen-bond donors (Lipinski definition) is 1. The molecule has 2 amide bonds. The van der Waals surface area contributed by atoms with Crippen LogP contribution >= 0.6 is 0 Å². The Kier molecular flexibility index (Phi) is 6.37. The van der Waals surface area contributed by atoms with E-state index in [1.807, 2.05) is 6.07 Å². The Morgan fingerprint density at radius 2 is 2.08 bits per heavy atom. The summed E-state index contributed by atoms with van der Waals surface area (Å²) in [7, 11) is 0. The first-order valence-corrected chi connectivity index (χ1v) is 12.2. The number of amides is 2. The lowest BCUT2D eigenvalue weighted by atomic mass is 10.0. The smallest absolute Gasteiger partial charge is 0.410 e. The van der Waals surface area contributed by atoms with Crippen LogP contribution in [-0.4, -0.2) is 66.3 Å². The Hall–Kier alpha value is -4.27. The Balaban J connectivity index is 1.30. The van der Waals surface area contributed by atoms with E-state index in [1.54, 1.807) is 54.9 Å². The normalized spacial score (nSPS) is 19.5. The Morgan fingerprint density at radius 3 is 2.76 bits per heavy atom. The van der Waals surface area contributed by atoms with E-state index in [2.05, 4.69) is 31.9 Å². The molecule has 1 aliphatic carbocycles. The Bertz CT molecular complexity index is 1330. The van der Waals surface area contributed by atoms with E-state index in [-0.39, 0.29) is 30.4 Å². The van der Waals surface area contributed by atoms with Crippen LogP contribution in [0.2, 0.25) is 0 Å². The summed E-state index contributed by atoms with van der Waals surface area (Å²) >= 11 is 0. The van der Waals surface area contributed by atoms with Gasteiger partial charge in [0.2, 0.25) is 5.89 Å². The summed E-state index contributed by atoms with van der Waals surface area (Å²) in [6.45, 7) is 6.09. The number of aromatic nitrogens is 5. The minimum atomic E-state index is -0.654. The summed E-state index contributed by atoms with van der Waals surface area (Å²) in [6.07, 6.45) is 5.44. The first kappa shape index (κ1) is 24.4. The maximum atomic E-state index is 13.0. The molecule has 0 radical (unpaired) electrons. The molecule has 1 aromatic carbocycles. The van der Waals surface area contributed by atoms with Crippen LogP contribution < -0.4 is 5.32 Å². The molecule has 192 valence electrons. The third-order valence-electron chi connectivity index (χ3n) is 6.30. The third kappa shape index (κ3) is 5.61. The van der Waals surface area contributed by atoms with Gasteiger partial charge in [-0.1, -0.05) is 11.3 Å². The number of carbonyl (C=O) groups excluding carboxylic acids is 2. The molecule has 0 spiro atoms. The first-order chi connectivity index (χ1) is 17.7. The summed E-state index contributed by atoms with van der Waals surface area (Å²) in [5.74, 6) is -0.109. The number of rotatable bonds is 6. The lowest BCUT2D eigenvalue weighted by Gasteiger charge is -2.28. The van der Waals surface area contributed by atoms with Gasteiger partial charge in [-0.3, -0.25) is 9.48 Å². The van der Waals surface area contributed by atoms with Crippen LogP contribution in [0.25, 0.3) is 11.5 Å². The zero-order valence-electron chi connectivity index (χ0n) is 20.9. The predicted octanol–water partition coefficient (Wildman–Crippen LogP) is 2.89. The average molecular weight is 505 g/mol. The summed E-state index contributed by atoms with van der Waals surface area (Å²) in [4.78, 5) is 27.5. The fourth-order valence-electron chi connectivity index (χ4n) is 4.52. The van der Waals surface area contributed by atoms with E-state index < -0.39 is 17.6 Å². The van der Waals surface area contributed by atoms with Crippen LogP contribution in [0, 0.1) is 11.3 Å². The number of carbonyl (C=O) groups is 2. The van der Waals surface area contributed by atoms with E-state index in [0.717, 1.165) is 18.4 Å². The van der Waals surface area contributed by atoms with E-state index >= 15 is 0 Å². The van der Waals surface area contributed by atoms with Crippen LogP contribution in [0.5, 0.6) is 0 Å². The van der Waals surface area contributed by atoms with Gasteiger partial charge >= 0.3 is 17.9 Å². The number of nitrogens with zero attached hydrogens (tertiary/aromatic N) is 7. The SMILES string of the molecule is CC(C)(C)OC(=O)N1C[C@H](NC(=O)c2nnc(-c3cc(C#N)ccc3C3CC3)o2)C[C@H]1Cn1ccnn1. The van der Waals surface area contributed by atoms with Gasteiger partial charge in [-0.25, -0.2) is 4.79 Å². The molecule has 1 saturated carbocycles. The molecule has 1 aliphatic heterocycles. The number of hydrogen-bond acceptors (Lipinski definition) is 9. The van der Waals surface area contributed by atoms with Crippen molar-refractivity contribution in [2.75, 3.05) is 6.54 Å². The van der Waals surface area contributed by atoms with Crippen molar-refractivity contribution in [3.8, 4) is 17.5 Å². The minimum absolute atomic E-state index is 0.178. The maximum absolute atomic E-state index is 13.0. The zero-order valence-corrected chi connectivity index (χ0v) is 20.9. The molecule has 5 rings (SSSR count). The molecule has 37 heavy (non-hydrogen) atoms. The molecule has 2 aromatic heterocycles. The molecular formula is C25H28N8O4. The topological polar surface area (TPSA) is 152 Å². The summed E-state index contributed by atoms with van der Waals surface area (Å²) < 4.78 is 13.0.